The van der Waals surface area contributed by atoms with Crippen molar-refractivity contribution in [2.75, 3.05) is 6.54 Å². The van der Waals surface area contributed by atoms with Crippen LogP contribution in [0.4, 0.5) is 0 Å². The lowest BCUT2D eigenvalue weighted by atomic mass is 10.1. The van der Waals surface area contributed by atoms with Crippen molar-refractivity contribution in [3.05, 3.63) is 29.8 Å². The minimum Gasteiger partial charge on any atom is -0.299 e. The van der Waals surface area contributed by atoms with E-state index >= 15 is 0 Å². The Morgan fingerprint density at radius 1 is 1.22 bits per heavy atom. The highest BCUT2D eigenvalue weighted by molar-refractivity contribution is 7.89. The van der Waals surface area contributed by atoms with Gasteiger partial charge in [-0.05, 0) is 18.1 Å². The van der Waals surface area contributed by atoms with Crippen LogP contribution in [0.2, 0.25) is 0 Å². The van der Waals surface area contributed by atoms with Crippen molar-refractivity contribution >= 4 is 15.8 Å². The number of hydrogen-bond acceptors (Lipinski definition) is 3. The molecule has 1 N–H and O–H groups in total. The van der Waals surface area contributed by atoms with Crippen LogP contribution in [0.3, 0.4) is 0 Å². The molecular weight excluding hydrogens is 250 g/mol. The maximum Gasteiger partial charge on any atom is 0.240 e. The van der Waals surface area contributed by atoms with Crippen molar-refractivity contribution in [2.24, 2.45) is 0 Å². The van der Waals surface area contributed by atoms with Crippen LogP contribution in [0.15, 0.2) is 29.2 Å². The molecule has 4 nitrogen and oxygen atoms in total. The van der Waals surface area contributed by atoms with E-state index < -0.39 is 10.0 Å². The predicted molar refractivity (Wildman–Crippen MR) is 70.9 cm³/mol. The number of hydrogen-bond donors (Lipinski definition) is 1. The number of ketones is 1. The molecular formula is C13H19NO3S. The zero-order valence-corrected chi connectivity index (χ0v) is 11.6. The number of rotatable bonds is 7. The first kappa shape index (κ1) is 14.9. The van der Waals surface area contributed by atoms with Gasteiger partial charge in [0.05, 0.1) is 4.90 Å². The van der Waals surface area contributed by atoms with Crippen LogP contribution in [0, 0.1) is 0 Å². The van der Waals surface area contributed by atoms with Gasteiger partial charge in [0.25, 0.3) is 0 Å². The summed E-state index contributed by atoms with van der Waals surface area (Å²) >= 11 is 0. The molecule has 1 aromatic carbocycles. The minimum absolute atomic E-state index is 0.0353. The SMILES string of the molecule is CCCNS(=O)(=O)c1ccccc1CC(=O)CC. The zero-order valence-electron chi connectivity index (χ0n) is 10.8. The van der Waals surface area contributed by atoms with Gasteiger partial charge in [-0.2, -0.15) is 0 Å². The topological polar surface area (TPSA) is 63.2 Å². The van der Waals surface area contributed by atoms with Crippen molar-refractivity contribution < 1.29 is 13.2 Å². The Hall–Kier alpha value is -1.20. The molecule has 0 bridgehead atoms. The molecule has 0 spiro atoms. The third kappa shape index (κ3) is 3.92. The van der Waals surface area contributed by atoms with Crippen LogP contribution < -0.4 is 4.72 Å². The second-order valence-corrected chi connectivity index (χ2v) is 5.81. The average molecular weight is 269 g/mol. The second-order valence-electron chi connectivity index (χ2n) is 4.07. The summed E-state index contributed by atoms with van der Waals surface area (Å²) in [6.45, 7) is 4.07. The summed E-state index contributed by atoms with van der Waals surface area (Å²) in [5.41, 5.74) is 0.563. The van der Waals surface area contributed by atoms with E-state index in [1.54, 1.807) is 25.1 Å². The van der Waals surface area contributed by atoms with Gasteiger partial charge < -0.3 is 0 Å². The number of benzene rings is 1. The van der Waals surface area contributed by atoms with E-state index in [2.05, 4.69) is 4.72 Å². The van der Waals surface area contributed by atoms with E-state index in [-0.39, 0.29) is 17.1 Å². The Morgan fingerprint density at radius 2 is 1.89 bits per heavy atom. The van der Waals surface area contributed by atoms with Gasteiger partial charge in [0, 0.05) is 19.4 Å². The molecule has 0 aliphatic carbocycles. The smallest absolute Gasteiger partial charge is 0.240 e. The van der Waals surface area contributed by atoms with Gasteiger partial charge in [0.15, 0.2) is 0 Å². The van der Waals surface area contributed by atoms with E-state index in [0.717, 1.165) is 6.42 Å². The molecule has 0 aliphatic rings. The van der Waals surface area contributed by atoms with Crippen LogP contribution in [0.1, 0.15) is 32.3 Å². The quantitative estimate of drug-likeness (QED) is 0.822. The van der Waals surface area contributed by atoms with Gasteiger partial charge in [-0.3, -0.25) is 4.79 Å². The Balaban J connectivity index is 3.05. The van der Waals surface area contributed by atoms with E-state index in [9.17, 15) is 13.2 Å². The van der Waals surface area contributed by atoms with Gasteiger partial charge in [0.1, 0.15) is 5.78 Å². The van der Waals surface area contributed by atoms with Gasteiger partial charge >= 0.3 is 0 Å². The Kier molecular flexibility index (Phi) is 5.50. The van der Waals surface area contributed by atoms with Crippen LogP contribution in [0.5, 0.6) is 0 Å². The number of Topliss-reactive ketones (excluding diaryl/α,β-unsaturated/α-hetero) is 1. The monoisotopic (exact) mass is 269 g/mol. The molecule has 0 saturated heterocycles. The number of carbonyl (C=O) groups excluding carboxylic acids is 1. The van der Waals surface area contributed by atoms with Crippen molar-refractivity contribution in [3.63, 3.8) is 0 Å². The molecule has 1 aromatic rings. The molecule has 0 saturated carbocycles. The highest BCUT2D eigenvalue weighted by atomic mass is 32.2. The second kappa shape index (κ2) is 6.66. The zero-order chi connectivity index (χ0) is 13.6. The molecule has 18 heavy (non-hydrogen) atoms. The summed E-state index contributed by atoms with van der Waals surface area (Å²) in [5.74, 6) is 0.0353. The summed E-state index contributed by atoms with van der Waals surface area (Å²) in [6.07, 6.45) is 1.31. The molecule has 0 heterocycles. The third-order valence-corrected chi connectivity index (χ3v) is 4.15. The predicted octanol–water partition coefficient (Wildman–Crippen LogP) is 1.90. The van der Waals surface area contributed by atoms with Crippen LogP contribution in [0.25, 0.3) is 0 Å². The third-order valence-electron chi connectivity index (χ3n) is 2.59. The lowest BCUT2D eigenvalue weighted by Crippen LogP contribution is -2.25. The van der Waals surface area contributed by atoms with Crippen molar-refractivity contribution in [1.29, 1.82) is 0 Å². The lowest BCUT2D eigenvalue weighted by Gasteiger charge is -2.10. The molecule has 0 atom stereocenters. The van der Waals surface area contributed by atoms with E-state index in [1.807, 2.05) is 6.92 Å². The summed E-state index contributed by atoms with van der Waals surface area (Å²) in [6, 6.07) is 6.64. The van der Waals surface area contributed by atoms with E-state index in [4.69, 9.17) is 0 Å². The maximum atomic E-state index is 12.1. The Bertz CT molecular complexity index is 509. The molecule has 0 fully saturated rings. The highest BCUT2D eigenvalue weighted by Crippen LogP contribution is 2.16. The Labute approximate surface area is 108 Å². The van der Waals surface area contributed by atoms with Gasteiger partial charge in [-0.25, -0.2) is 13.1 Å². The van der Waals surface area contributed by atoms with E-state index in [0.29, 0.717) is 18.5 Å². The van der Waals surface area contributed by atoms with Gasteiger partial charge in [-0.1, -0.05) is 32.0 Å². The first-order chi connectivity index (χ1) is 8.51. The molecule has 0 amide bonds. The van der Waals surface area contributed by atoms with Gasteiger partial charge in [-0.15, -0.1) is 0 Å². The maximum absolute atomic E-state index is 12.1. The van der Waals surface area contributed by atoms with Crippen LogP contribution in [-0.2, 0) is 21.2 Å². The molecule has 0 radical (unpaired) electrons. The first-order valence-electron chi connectivity index (χ1n) is 6.10. The fraction of sp³-hybridized carbons (Fsp3) is 0.462. The standard InChI is InChI=1S/C13H19NO3S/c1-3-9-14-18(16,17)13-8-6-5-7-11(13)10-12(15)4-2/h5-8,14H,3-4,9-10H2,1-2H3. The number of nitrogens with one attached hydrogen (secondary N) is 1. The summed E-state index contributed by atoms with van der Waals surface area (Å²) in [4.78, 5) is 11.7. The van der Waals surface area contributed by atoms with Gasteiger partial charge in [0.2, 0.25) is 10.0 Å². The largest absolute Gasteiger partial charge is 0.299 e. The minimum atomic E-state index is -3.51. The fourth-order valence-electron chi connectivity index (χ4n) is 1.56. The molecule has 5 heteroatoms. The Morgan fingerprint density at radius 3 is 2.50 bits per heavy atom. The number of sulfonamides is 1. The van der Waals surface area contributed by atoms with Crippen molar-refractivity contribution in [1.82, 2.24) is 4.72 Å². The highest BCUT2D eigenvalue weighted by Gasteiger charge is 2.18. The van der Waals surface area contributed by atoms with Crippen LogP contribution in [-0.4, -0.2) is 20.7 Å². The first-order valence-corrected chi connectivity index (χ1v) is 7.58. The summed E-state index contributed by atoms with van der Waals surface area (Å²) in [7, 11) is -3.51. The average Bonchev–Trinajstić information content (AvgIpc) is 2.36. The molecule has 0 aliphatic heterocycles. The molecule has 100 valence electrons. The van der Waals surface area contributed by atoms with E-state index in [1.165, 1.54) is 6.07 Å². The van der Waals surface area contributed by atoms with Crippen molar-refractivity contribution in [3.8, 4) is 0 Å². The molecule has 0 unspecified atom stereocenters. The molecule has 0 aromatic heterocycles. The van der Waals surface area contributed by atoms with Crippen LogP contribution >= 0.6 is 0 Å². The normalized spacial score (nSPS) is 11.4. The number of carbonyl (C=O) groups is 1. The summed E-state index contributed by atoms with van der Waals surface area (Å²) in [5, 5.41) is 0. The summed E-state index contributed by atoms with van der Waals surface area (Å²) < 4.78 is 26.6. The van der Waals surface area contributed by atoms with Crippen molar-refractivity contribution in [2.45, 2.75) is 38.0 Å². The fourth-order valence-corrected chi connectivity index (χ4v) is 2.94. The lowest BCUT2D eigenvalue weighted by molar-refractivity contribution is -0.118. The molecule has 1 rings (SSSR count).